The van der Waals surface area contributed by atoms with Crippen LogP contribution in [0.3, 0.4) is 0 Å². The number of rotatable bonds is 5. The Kier molecular flexibility index (Phi) is 5.11. The molecule has 0 spiro atoms. The van der Waals surface area contributed by atoms with Gasteiger partial charge in [0.25, 0.3) is 0 Å². The van der Waals surface area contributed by atoms with Gasteiger partial charge >= 0.3 is 0 Å². The predicted octanol–water partition coefficient (Wildman–Crippen LogP) is 1.78. The zero-order chi connectivity index (χ0) is 18.5. The van der Waals surface area contributed by atoms with Gasteiger partial charge in [0.05, 0.1) is 6.54 Å². The van der Waals surface area contributed by atoms with Crippen molar-refractivity contribution in [3.05, 3.63) is 72.4 Å². The van der Waals surface area contributed by atoms with Gasteiger partial charge in [-0.2, -0.15) is 0 Å². The van der Waals surface area contributed by atoms with Crippen LogP contribution >= 0.6 is 0 Å². The molecule has 3 heterocycles. The van der Waals surface area contributed by atoms with Gasteiger partial charge in [-0.25, -0.2) is 9.97 Å². The van der Waals surface area contributed by atoms with E-state index in [-0.39, 0.29) is 5.91 Å². The number of pyridine rings is 1. The Bertz CT molecular complexity index is 910. The minimum Gasteiger partial charge on any atom is -0.492 e. The van der Waals surface area contributed by atoms with Gasteiger partial charge in [0, 0.05) is 49.4 Å². The van der Waals surface area contributed by atoms with E-state index in [1.165, 1.54) is 0 Å². The summed E-state index contributed by atoms with van der Waals surface area (Å²) in [6.45, 7) is 2.75. The third-order valence-electron chi connectivity index (χ3n) is 4.49. The molecule has 0 radical (unpaired) electrons. The molecule has 7 heteroatoms. The topological polar surface area (TPSA) is 72.3 Å². The molecule has 138 valence electrons. The van der Waals surface area contributed by atoms with Crippen molar-refractivity contribution in [2.75, 3.05) is 19.7 Å². The van der Waals surface area contributed by atoms with E-state index >= 15 is 0 Å². The average molecular weight is 363 g/mol. The molecule has 0 atom stereocenters. The van der Waals surface area contributed by atoms with E-state index in [2.05, 4.69) is 20.2 Å². The van der Waals surface area contributed by atoms with Crippen LogP contribution in [0.15, 0.2) is 61.3 Å². The number of carbonyl (C=O) groups excluding carboxylic acids is 1. The number of fused-ring (bicyclic) bond motifs is 1. The number of carbonyl (C=O) groups is 1. The molecule has 0 fully saturated rings. The normalized spacial score (nSPS) is 14.1. The lowest BCUT2D eigenvalue weighted by Gasteiger charge is -2.19. The van der Waals surface area contributed by atoms with Crippen molar-refractivity contribution in [1.82, 2.24) is 24.8 Å². The number of ether oxygens (including phenoxy) is 1. The predicted molar refractivity (Wildman–Crippen MR) is 100 cm³/mol. The fourth-order valence-corrected chi connectivity index (χ4v) is 3.15. The summed E-state index contributed by atoms with van der Waals surface area (Å²) in [5, 5.41) is 3.00. The maximum Gasteiger partial charge on any atom is 0.234 e. The van der Waals surface area contributed by atoms with Gasteiger partial charge in [0.15, 0.2) is 0 Å². The van der Waals surface area contributed by atoms with Gasteiger partial charge in [0.1, 0.15) is 24.5 Å². The number of nitrogens with zero attached hydrogens (tertiary/aromatic N) is 4. The Balaban J connectivity index is 1.37. The largest absolute Gasteiger partial charge is 0.492 e. The first-order chi connectivity index (χ1) is 13.3. The fourth-order valence-electron chi connectivity index (χ4n) is 3.15. The molecule has 0 aliphatic carbocycles. The van der Waals surface area contributed by atoms with E-state index in [4.69, 9.17) is 4.74 Å². The summed E-state index contributed by atoms with van der Waals surface area (Å²) in [5.74, 6) is 1.66. The third-order valence-corrected chi connectivity index (χ3v) is 4.49. The SMILES string of the molecule is O=C(CN1CCOc2ccccc2C1)NCc1cccnc1-n1ccnc1. The van der Waals surface area contributed by atoms with Crippen molar-refractivity contribution < 1.29 is 9.53 Å². The molecule has 0 bridgehead atoms. The van der Waals surface area contributed by atoms with Crippen LogP contribution in [0.4, 0.5) is 0 Å². The van der Waals surface area contributed by atoms with E-state index in [1.54, 1.807) is 18.7 Å². The minimum absolute atomic E-state index is 0.0187. The summed E-state index contributed by atoms with van der Waals surface area (Å²) in [5.41, 5.74) is 2.05. The van der Waals surface area contributed by atoms with Crippen LogP contribution < -0.4 is 10.1 Å². The van der Waals surface area contributed by atoms with Gasteiger partial charge in [-0.3, -0.25) is 14.3 Å². The first kappa shape index (κ1) is 17.2. The maximum atomic E-state index is 12.5. The van der Waals surface area contributed by atoms with Crippen molar-refractivity contribution >= 4 is 5.91 Å². The lowest BCUT2D eigenvalue weighted by molar-refractivity contribution is -0.122. The molecule has 4 rings (SSSR count). The second kappa shape index (κ2) is 8.01. The molecule has 0 unspecified atom stereocenters. The Morgan fingerprint density at radius 2 is 2.11 bits per heavy atom. The monoisotopic (exact) mass is 363 g/mol. The van der Waals surface area contributed by atoms with Gasteiger partial charge in [-0.05, 0) is 12.1 Å². The highest BCUT2D eigenvalue weighted by molar-refractivity contribution is 5.78. The van der Waals surface area contributed by atoms with Crippen LogP contribution in [-0.2, 0) is 17.9 Å². The molecule has 27 heavy (non-hydrogen) atoms. The lowest BCUT2D eigenvalue weighted by Crippen LogP contribution is -2.37. The standard InChI is InChI=1S/C20H21N5O2/c26-19(14-24-10-11-27-18-6-2-1-4-17(18)13-24)23-12-16-5-3-7-22-20(16)25-9-8-21-15-25/h1-9,15H,10-14H2,(H,23,26). The second-order valence-electron chi connectivity index (χ2n) is 6.40. The van der Waals surface area contributed by atoms with E-state index < -0.39 is 0 Å². The highest BCUT2D eigenvalue weighted by atomic mass is 16.5. The number of hydrogen-bond donors (Lipinski definition) is 1. The molecule has 3 aromatic rings. The van der Waals surface area contributed by atoms with Crippen molar-refractivity contribution in [2.24, 2.45) is 0 Å². The van der Waals surface area contributed by atoms with Gasteiger partial charge < -0.3 is 10.1 Å². The summed E-state index contributed by atoms with van der Waals surface area (Å²) < 4.78 is 7.59. The van der Waals surface area contributed by atoms with Crippen molar-refractivity contribution in [3.63, 3.8) is 0 Å². The molecular weight excluding hydrogens is 342 g/mol. The van der Waals surface area contributed by atoms with Crippen molar-refractivity contribution in [3.8, 4) is 11.6 Å². The van der Waals surface area contributed by atoms with Gasteiger partial charge in [-0.15, -0.1) is 0 Å². The summed E-state index contributed by atoms with van der Waals surface area (Å²) in [6.07, 6.45) is 6.97. The maximum absolute atomic E-state index is 12.5. The smallest absolute Gasteiger partial charge is 0.234 e. The minimum atomic E-state index is -0.0187. The molecule has 2 aromatic heterocycles. The number of benzene rings is 1. The molecule has 0 saturated heterocycles. The van der Waals surface area contributed by atoms with Crippen LogP contribution in [0, 0.1) is 0 Å². The summed E-state index contributed by atoms with van der Waals surface area (Å²) in [7, 11) is 0. The lowest BCUT2D eigenvalue weighted by atomic mass is 10.2. The van der Waals surface area contributed by atoms with E-state index in [1.807, 2.05) is 47.2 Å². The van der Waals surface area contributed by atoms with Crippen LogP contribution in [0.5, 0.6) is 5.75 Å². The molecular formula is C20H21N5O2. The summed E-state index contributed by atoms with van der Waals surface area (Å²) in [4.78, 5) is 23.0. The van der Waals surface area contributed by atoms with Crippen LogP contribution in [-0.4, -0.2) is 45.0 Å². The number of aromatic nitrogens is 3. The highest BCUT2D eigenvalue weighted by Crippen LogP contribution is 2.22. The zero-order valence-electron chi connectivity index (χ0n) is 14.9. The van der Waals surface area contributed by atoms with Gasteiger partial charge in [0.2, 0.25) is 5.91 Å². The Morgan fingerprint density at radius 3 is 3.00 bits per heavy atom. The Morgan fingerprint density at radius 1 is 1.19 bits per heavy atom. The fraction of sp³-hybridized carbons (Fsp3) is 0.250. The quantitative estimate of drug-likeness (QED) is 0.748. The molecule has 1 N–H and O–H groups in total. The summed E-state index contributed by atoms with van der Waals surface area (Å²) in [6, 6.07) is 11.8. The third kappa shape index (κ3) is 4.15. The molecule has 1 amide bonds. The van der Waals surface area contributed by atoms with E-state index in [0.717, 1.165) is 29.2 Å². The zero-order valence-corrected chi connectivity index (χ0v) is 14.9. The van der Waals surface area contributed by atoms with E-state index in [0.29, 0.717) is 26.2 Å². The van der Waals surface area contributed by atoms with E-state index in [9.17, 15) is 4.79 Å². The van der Waals surface area contributed by atoms with Crippen molar-refractivity contribution in [2.45, 2.75) is 13.1 Å². The van der Waals surface area contributed by atoms with Crippen LogP contribution in [0.1, 0.15) is 11.1 Å². The van der Waals surface area contributed by atoms with Crippen LogP contribution in [0.2, 0.25) is 0 Å². The Hall–Kier alpha value is -3.19. The summed E-state index contributed by atoms with van der Waals surface area (Å²) >= 11 is 0. The molecule has 7 nitrogen and oxygen atoms in total. The number of hydrogen-bond acceptors (Lipinski definition) is 5. The number of amides is 1. The first-order valence-corrected chi connectivity index (χ1v) is 8.91. The second-order valence-corrected chi connectivity index (χ2v) is 6.40. The molecule has 1 aliphatic heterocycles. The Labute approximate surface area is 157 Å². The molecule has 1 aliphatic rings. The molecule has 1 aromatic carbocycles. The van der Waals surface area contributed by atoms with Crippen molar-refractivity contribution in [1.29, 1.82) is 0 Å². The number of para-hydroxylation sites is 1. The number of nitrogens with one attached hydrogen (secondary N) is 1. The average Bonchev–Trinajstić information content (AvgIpc) is 3.15. The first-order valence-electron chi connectivity index (χ1n) is 8.91. The highest BCUT2D eigenvalue weighted by Gasteiger charge is 2.17. The van der Waals surface area contributed by atoms with Gasteiger partial charge in [-0.1, -0.05) is 24.3 Å². The molecule has 0 saturated carbocycles. The van der Waals surface area contributed by atoms with Crippen LogP contribution in [0.25, 0.3) is 5.82 Å². The number of imidazole rings is 1.